The summed E-state index contributed by atoms with van der Waals surface area (Å²) in [7, 11) is 0. The number of aryl methyl sites for hydroxylation is 1. The molecule has 0 fully saturated rings. The Morgan fingerprint density at radius 3 is 2.79 bits per heavy atom. The van der Waals surface area contributed by atoms with Crippen molar-refractivity contribution in [3.05, 3.63) is 65.8 Å². The Balaban J connectivity index is 1.67. The van der Waals surface area contributed by atoms with E-state index >= 15 is 0 Å². The predicted octanol–water partition coefficient (Wildman–Crippen LogP) is 4.05. The summed E-state index contributed by atoms with van der Waals surface area (Å²) >= 11 is 0. The van der Waals surface area contributed by atoms with Crippen molar-refractivity contribution in [2.45, 2.75) is 26.3 Å². The molecule has 0 aliphatic carbocycles. The van der Waals surface area contributed by atoms with Crippen LogP contribution in [0.3, 0.4) is 0 Å². The zero-order chi connectivity index (χ0) is 20.4. The predicted molar refractivity (Wildman–Crippen MR) is 105 cm³/mol. The van der Waals surface area contributed by atoms with E-state index in [0.717, 1.165) is 5.69 Å². The van der Waals surface area contributed by atoms with Gasteiger partial charge < -0.3 is 9.26 Å². The van der Waals surface area contributed by atoms with Gasteiger partial charge in [0.05, 0.1) is 12.3 Å². The average molecular weight is 394 g/mol. The molecule has 7 nitrogen and oxygen atoms in total. The van der Waals surface area contributed by atoms with Gasteiger partial charge in [-0.05, 0) is 37.6 Å². The lowest BCUT2D eigenvalue weighted by molar-refractivity contribution is -0.135. The molecule has 29 heavy (non-hydrogen) atoms. The van der Waals surface area contributed by atoms with Crippen LogP contribution in [0.4, 0.5) is 10.1 Å². The first kappa shape index (κ1) is 18.8. The molecule has 0 bridgehead atoms. The highest BCUT2D eigenvalue weighted by molar-refractivity contribution is 6.37. The Bertz CT molecular complexity index is 1060. The van der Waals surface area contributed by atoms with Gasteiger partial charge in [0.25, 0.3) is 5.89 Å². The highest BCUT2D eigenvalue weighted by atomic mass is 19.1. The number of hydrogen-bond donors (Lipinski definition) is 0. The lowest BCUT2D eigenvalue weighted by atomic mass is 10.1. The molecule has 1 aliphatic heterocycles. The van der Waals surface area contributed by atoms with Gasteiger partial charge in [-0.15, -0.1) is 0 Å². The number of hydrogen-bond acceptors (Lipinski definition) is 7. The third-order valence-electron chi connectivity index (χ3n) is 4.60. The van der Waals surface area contributed by atoms with Crippen LogP contribution >= 0.6 is 0 Å². The van der Waals surface area contributed by atoms with Gasteiger partial charge >= 0.3 is 5.97 Å². The van der Waals surface area contributed by atoms with Crippen molar-refractivity contribution >= 4 is 17.4 Å². The molecule has 2 aromatic carbocycles. The summed E-state index contributed by atoms with van der Waals surface area (Å²) in [5.41, 5.74) is 2.11. The minimum atomic E-state index is -0.476. The molecule has 1 aromatic heterocycles. The minimum absolute atomic E-state index is 0.261. The van der Waals surface area contributed by atoms with E-state index in [-0.39, 0.29) is 36.3 Å². The molecule has 2 heterocycles. The molecule has 1 atom stereocenters. The van der Waals surface area contributed by atoms with Gasteiger partial charge in [0, 0.05) is 12.0 Å². The zero-order valence-corrected chi connectivity index (χ0v) is 16.0. The molecule has 0 saturated heterocycles. The summed E-state index contributed by atoms with van der Waals surface area (Å²) in [5.74, 6) is -0.255. The van der Waals surface area contributed by atoms with Crippen LogP contribution in [0.15, 0.2) is 58.2 Å². The summed E-state index contributed by atoms with van der Waals surface area (Å²) in [6, 6.07) is 13.7. The van der Waals surface area contributed by atoms with Crippen LogP contribution in [0, 0.1) is 12.7 Å². The van der Waals surface area contributed by atoms with Crippen molar-refractivity contribution < 1.29 is 18.4 Å². The van der Waals surface area contributed by atoms with Crippen LogP contribution in [0.2, 0.25) is 0 Å². The number of para-hydroxylation sites is 1. The number of carbonyl (C=O) groups excluding carboxylic acids is 1. The smallest absolute Gasteiger partial charge is 0.354 e. The summed E-state index contributed by atoms with van der Waals surface area (Å²) in [5, 5.41) is 10.1. The topological polar surface area (TPSA) is 80.8 Å². The highest BCUT2D eigenvalue weighted by Crippen LogP contribution is 2.35. The van der Waals surface area contributed by atoms with E-state index < -0.39 is 12.0 Å². The number of carbonyl (C=O) groups is 1. The summed E-state index contributed by atoms with van der Waals surface area (Å²) in [4.78, 5) is 16.6. The number of aromatic nitrogens is 2. The minimum Gasteiger partial charge on any atom is -0.461 e. The Kier molecular flexibility index (Phi) is 5.07. The molecule has 8 heteroatoms. The van der Waals surface area contributed by atoms with Crippen molar-refractivity contribution in [3.63, 3.8) is 0 Å². The zero-order valence-electron chi connectivity index (χ0n) is 16.0. The number of benzene rings is 2. The molecule has 0 N–H and O–H groups in total. The summed E-state index contributed by atoms with van der Waals surface area (Å²) in [6.45, 7) is 3.69. The molecule has 0 amide bonds. The first-order valence-corrected chi connectivity index (χ1v) is 9.26. The lowest BCUT2D eigenvalue weighted by Gasteiger charge is -2.20. The van der Waals surface area contributed by atoms with Crippen LogP contribution < -0.4 is 5.01 Å². The maximum absolute atomic E-state index is 13.9. The molecule has 0 saturated carbocycles. The van der Waals surface area contributed by atoms with Gasteiger partial charge in [0.1, 0.15) is 17.6 Å². The van der Waals surface area contributed by atoms with Crippen LogP contribution in [0.25, 0.3) is 11.4 Å². The first-order valence-electron chi connectivity index (χ1n) is 9.26. The molecule has 148 valence electrons. The molecule has 0 radical (unpaired) electrons. The maximum atomic E-state index is 13.9. The van der Waals surface area contributed by atoms with Crippen molar-refractivity contribution in [2.24, 2.45) is 5.10 Å². The summed E-state index contributed by atoms with van der Waals surface area (Å²) in [6.07, 6.45) is 0.262. The van der Waals surface area contributed by atoms with E-state index in [1.807, 2.05) is 30.3 Å². The van der Waals surface area contributed by atoms with E-state index in [1.54, 1.807) is 31.0 Å². The number of ether oxygens (including phenoxy) is 1. The Labute approximate surface area is 166 Å². The van der Waals surface area contributed by atoms with Gasteiger partial charge in [0.15, 0.2) is 0 Å². The number of halogens is 1. The van der Waals surface area contributed by atoms with Crippen molar-refractivity contribution in [3.8, 4) is 11.4 Å². The SMILES string of the molecule is CCOC(=O)C1=NN(c2ccccc2)[C@H](c2nc(-c3ccc(C)c(F)c3)no2)C1. The quantitative estimate of drug-likeness (QED) is 0.607. The molecule has 1 aliphatic rings. The van der Waals surface area contributed by atoms with E-state index in [2.05, 4.69) is 15.2 Å². The van der Waals surface area contributed by atoms with Gasteiger partial charge in [-0.1, -0.05) is 35.5 Å². The lowest BCUT2D eigenvalue weighted by Crippen LogP contribution is -2.19. The standard InChI is InChI=1S/C21H19FN4O3/c1-3-28-21(27)17-12-18(26(24-17)15-7-5-4-6-8-15)20-23-19(25-29-20)14-10-9-13(2)16(22)11-14/h4-11,18H,3,12H2,1-2H3/t18-/m0/s1. The van der Waals surface area contributed by atoms with Crippen LogP contribution in [0.5, 0.6) is 0 Å². The van der Waals surface area contributed by atoms with Gasteiger partial charge in [-0.25, -0.2) is 9.18 Å². The third kappa shape index (κ3) is 3.73. The average Bonchev–Trinajstić information content (AvgIpc) is 3.38. The fourth-order valence-corrected chi connectivity index (χ4v) is 3.08. The second-order valence-corrected chi connectivity index (χ2v) is 6.59. The largest absolute Gasteiger partial charge is 0.461 e. The molecule has 0 spiro atoms. The molecular formula is C21H19FN4O3. The Morgan fingerprint density at radius 2 is 2.07 bits per heavy atom. The number of rotatable bonds is 5. The first-order chi connectivity index (χ1) is 14.1. The second kappa shape index (κ2) is 7.83. The van der Waals surface area contributed by atoms with Crippen LogP contribution in [-0.2, 0) is 9.53 Å². The van der Waals surface area contributed by atoms with E-state index in [1.165, 1.54) is 6.07 Å². The van der Waals surface area contributed by atoms with Gasteiger partial charge in [-0.2, -0.15) is 10.1 Å². The number of anilines is 1. The van der Waals surface area contributed by atoms with E-state index in [9.17, 15) is 9.18 Å². The van der Waals surface area contributed by atoms with Crippen molar-refractivity contribution in [1.82, 2.24) is 10.1 Å². The number of esters is 1. The fraction of sp³-hybridized carbons (Fsp3) is 0.238. The van der Waals surface area contributed by atoms with Gasteiger partial charge in [0.2, 0.25) is 5.82 Å². The van der Waals surface area contributed by atoms with Crippen LogP contribution in [0.1, 0.15) is 30.8 Å². The number of nitrogens with zero attached hydrogens (tertiary/aromatic N) is 4. The Morgan fingerprint density at radius 1 is 1.28 bits per heavy atom. The highest BCUT2D eigenvalue weighted by Gasteiger charge is 2.37. The van der Waals surface area contributed by atoms with Crippen LogP contribution in [-0.4, -0.2) is 28.4 Å². The van der Waals surface area contributed by atoms with E-state index in [4.69, 9.17) is 9.26 Å². The van der Waals surface area contributed by atoms with Crippen molar-refractivity contribution in [1.29, 1.82) is 0 Å². The normalized spacial score (nSPS) is 16.0. The molecule has 4 rings (SSSR count). The van der Waals surface area contributed by atoms with E-state index in [0.29, 0.717) is 11.1 Å². The monoisotopic (exact) mass is 394 g/mol. The summed E-state index contributed by atoms with van der Waals surface area (Å²) < 4.78 is 24.5. The fourth-order valence-electron chi connectivity index (χ4n) is 3.08. The van der Waals surface area contributed by atoms with Crippen molar-refractivity contribution in [2.75, 3.05) is 11.6 Å². The third-order valence-corrected chi connectivity index (χ3v) is 4.60. The molecular weight excluding hydrogens is 375 g/mol. The second-order valence-electron chi connectivity index (χ2n) is 6.59. The molecule has 3 aromatic rings. The molecule has 0 unspecified atom stereocenters. The Hall–Kier alpha value is -3.55. The maximum Gasteiger partial charge on any atom is 0.354 e. The van der Waals surface area contributed by atoms with Gasteiger partial charge in [-0.3, -0.25) is 5.01 Å². The number of hydrazone groups is 1.